The summed E-state index contributed by atoms with van der Waals surface area (Å²) >= 11 is 0. The van der Waals surface area contributed by atoms with Gasteiger partial charge in [0, 0.05) is 18.0 Å². The van der Waals surface area contributed by atoms with Crippen LogP contribution in [0.5, 0.6) is 0 Å². The minimum Gasteiger partial charge on any atom is -0.443 e. The topological polar surface area (TPSA) is 62.5 Å². The fourth-order valence-electron chi connectivity index (χ4n) is 1.53. The van der Waals surface area contributed by atoms with Crippen molar-refractivity contribution in [2.24, 2.45) is 4.99 Å². The molecule has 0 bridgehead atoms. The number of rotatable bonds is 5. The van der Waals surface area contributed by atoms with Gasteiger partial charge in [0.25, 0.3) is 0 Å². The molecule has 1 aromatic heterocycles. The summed E-state index contributed by atoms with van der Waals surface area (Å²) in [7, 11) is 0. The molecule has 0 saturated carbocycles. The molecular formula is C15H29IN4O. The van der Waals surface area contributed by atoms with Gasteiger partial charge in [0.1, 0.15) is 12.3 Å². The lowest BCUT2D eigenvalue weighted by molar-refractivity contribution is 0.383. The summed E-state index contributed by atoms with van der Waals surface area (Å²) < 4.78 is 5.73. The van der Waals surface area contributed by atoms with Crippen LogP contribution >= 0.6 is 24.0 Å². The Balaban J connectivity index is 0.00000400. The lowest BCUT2D eigenvalue weighted by atomic mass is 9.94. The second-order valence-electron chi connectivity index (χ2n) is 6.02. The van der Waals surface area contributed by atoms with Gasteiger partial charge in [0.15, 0.2) is 5.96 Å². The molecule has 0 aliphatic heterocycles. The van der Waals surface area contributed by atoms with E-state index in [1.54, 1.807) is 6.20 Å². The average molecular weight is 408 g/mol. The number of aromatic nitrogens is 1. The summed E-state index contributed by atoms with van der Waals surface area (Å²) in [4.78, 5) is 8.79. The van der Waals surface area contributed by atoms with E-state index in [-0.39, 0.29) is 29.4 Å². The third-order valence-electron chi connectivity index (χ3n) is 3.00. The maximum Gasteiger partial charge on any atom is 0.216 e. The minimum atomic E-state index is -0.0194. The van der Waals surface area contributed by atoms with Crippen LogP contribution in [0.2, 0.25) is 0 Å². The van der Waals surface area contributed by atoms with Gasteiger partial charge in [-0.3, -0.25) is 0 Å². The van der Waals surface area contributed by atoms with E-state index in [1.165, 1.54) is 0 Å². The zero-order valence-electron chi connectivity index (χ0n) is 14.0. The minimum absolute atomic E-state index is 0. The van der Waals surface area contributed by atoms with E-state index >= 15 is 0 Å². The first-order valence-electron chi connectivity index (χ1n) is 7.36. The second-order valence-corrected chi connectivity index (χ2v) is 6.02. The number of guanidine groups is 1. The predicted molar refractivity (Wildman–Crippen MR) is 98.3 cm³/mol. The molecule has 21 heavy (non-hydrogen) atoms. The Labute approximate surface area is 145 Å². The lowest BCUT2D eigenvalue weighted by Gasteiger charge is -2.15. The molecule has 0 amide bonds. The van der Waals surface area contributed by atoms with Gasteiger partial charge in [-0.05, 0) is 20.3 Å². The third kappa shape index (κ3) is 7.15. The van der Waals surface area contributed by atoms with Crippen molar-refractivity contribution in [3.8, 4) is 0 Å². The van der Waals surface area contributed by atoms with Crippen LogP contribution in [0.3, 0.4) is 0 Å². The molecule has 1 atom stereocenters. The number of hydrogen-bond acceptors (Lipinski definition) is 3. The van der Waals surface area contributed by atoms with Gasteiger partial charge in [-0.2, -0.15) is 0 Å². The molecule has 1 rings (SSSR count). The maximum absolute atomic E-state index is 5.73. The van der Waals surface area contributed by atoms with Crippen LogP contribution in [0, 0.1) is 0 Å². The Morgan fingerprint density at radius 3 is 2.52 bits per heavy atom. The van der Waals surface area contributed by atoms with E-state index in [4.69, 9.17) is 4.42 Å². The van der Waals surface area contributed by atoms with Gasteiger partial charge in [-0.1, -0.05) is 27.7 Å². The molecule has 0 aliphatic rings. The Bertz CT molecular complexity index is 437. The van der Waals surface area contributed by atoms with Gasteiger partial charge in [-0.25, -0.2) is 9.98 Å². The van der Waals surface area contributed by atoms with Crippen LogP contribution < -0.4 is 10.6 Å². The van der Waals surface area contributed by atoms with Crippen molar-refractivity contribution in [2.45, 2.75) is 66.0 Å². The van der Waals surface area contributed by atoms with Crippen LogP contribution in [0.15, 0.2) is 15.6 Å². The van der Waals surface area contributed by atoms with Crippen LogP contribution in [0.1, 0.15) is 59.6 Å². The molecule has 0 aromatic carbocycles. The molecule has 5 nitrogen and oxygen atoms in total. The second kappa shape index (κ2) is 9.27. The molecule has 2 N–H and O–H groups in total. The maximum atomic E-state index is 5.73. The Hall–Kier alpha value is -0.790. The number of hydrogen-bond donors (Lipinski definition) is 2. The molecule has 0 radical (unpaired) electrons. The third-order valence-corrected chi connectivity index (χ3v) is 3.00. The average Bonchev–Trinajstić information content (AvgIpc) is 2.84. The summed E-state index contributed by atoms with van der Waals surface area (Å²) in [6, 6.07) is 0.391. The van der Waals surface area contributed by atoms with Crippen molar-refractivity contribution in [1.29, 1.82) is 0 Å². The highest BCUT2D eigenvalue weighted by Crippen LogP contribution is 2.22. The molecule has 1 unspecified atom stereocenters. The van der Waals surface area contributed by atoms with Gasteiger partial charge in [0.2, 0.25) is 5.89 Å². The van der Waals surface area contributed by atoms with E-state index in [0.29, 0.717) is 18.5 Å². The standard InChI is InChI=1S/C15H28N4O.HI/c1-7-11(3)19-14(16-8-2)18-10-13-17-9-12(20-13)15(4,5)6;/h9,11H,7-8,10H2,1-6H3,(H2,16,18,19);1H. The van der Waals surface area contributed by atoms with Crippen LogP contribution in [0.4, 0.5) is 0 Å². The molecule has 0 saturated heterocycles. The molecule has 122 valence electrons. The fraction of sp³-hybridized carbons (Fsp3) is 0.733. The molecule has 1 heterocycles. The molecule has 0 aliphatic carbocycles. The van der Waals surface area contributed by atoms with Crippen molar-refractivity contribution >= 4 is 29.9 Å². The van der Waals surface area contributed by atoms with E-state index in [0.717, 1.165) is 24.7 Å². The van der Waals surface area contributed by atoms with E-state index in [2.05, 4.69) is 62.2 Å². The number of nitrogens with one attached hydrogen (secondary N) is 2. The number of halogens is 1. The number of aliphatic imine (C=N–C) groups is 1. The largest absolute Gasteiger partial charge is 0.443 e. The summed E-state index contributed by atoms with van der Waals surface area (Å²) in [6.07, 6.45) is 2.84. The van der Waals surface area contributed by atoms with E-state index in [9.17, 15) is 0 Å². The SMILES string of the molecule is CCNC(=NCc1ncc(C(C)(C)C)o1)NC(C)CC.I. The highest BCUT2D eigenvalue weighted by Gasteiger charge is 2.19. The number of oxazole rings is 1. The molecule has 1 aromatic rings. The van der Waals surface area contributed by atoms with Crippen molar-refractivity contribution in [2.75, 3.05) is 6.54 Å². The van der Waals surface area contributed by atoms with Crippen LogP contribution in [-0.4, -0.2) is 23.5 Å². The Morgan fingerprint density at radius 2 is 2.05 bits per heavy atom. The Kier molecular flexibility index (Phi) is 8.92. The molecule has 6 heteroatoms. The Morgan fingerprint density at radius 1 is 1.38 bits per heavy atom. The zero-order chi connectivity index (χ0) is 15.2. The first-order chi connectivity index (χ1) is 9.36. The lowest BCUT2D eigenvalue weighted by Crippen LogP contribution is -2.41. The smallest absolute Gasteiger partial charge is 0.216 e. The first kappa shape index (κ1) is 20.2. The monoisotopic (exact) mass is 408 g/mol. The predicted octanol–water partition coefficient (Wildman–Crippen LogP) is 3.44. The molecule has 0 spiro atoms. The molecular weight excluding hydrogens is 379 g/mol. The summed E-state index contributed by atoms with van der Waals surface area (Å²) in [5.74, 6) is 2.34. The summed E-state index contributed by atoms with van der Waals surface area (Å²) in [6.45, 7) is 13.9. The van der Waals surface area contributed by atoms with E-state index in [1.807, 2.05) is 0 Å². The van der Waals surface area contributed by atoms with Gasteiger partial charge in [-0.15, -0.1) is 24.0 Å². The first-order valence-corrected chi connectivity index (χ1v) is 7.36. The van der Waals surface area contributed by atoms with Gasteiger partial charge in [0.05, 0.1) is 6.20 Å². The number of nitrogens with zero attached hydrogens (tertiary/aromatic N) is 2. The summed E-state index contributed by atoms with van der Waals surface area (Å²) in [5, 5.41) is 6.57. The fourth-order valence-corrected chi connectivity index (χ4v) is 1.53. The molecule has 0 fully saturated rings. The van der Waals surface area contributed by atoms with Gasteiger partial charge < -0.3 is 15.1 Å². The van der Waals surface area contributed by atoms with Crippen molar-refractivity contribution < 1.29 is 4.42 Å². The quantitative estimate of drug-likeness (QED) is 0.445. The summed E-state index contributed by atoms with van der Waals surface area (Å²) in [5.41, 5.74) is -0.0194. The van der Waals surface area contributed by atoms with Crippen LogP contribution in [-0.2, 0) is 12.0 Å². The van der Waals surface area contributed by atoms with Gasteiger partial charge >= 0.3 is 0 Å². The van der Waals surface area contributed by atoms with E-state index < -0.39 is 0 Å². The highest BCUT2D eigenvalue weighted by molar-refractivity contribution is 14.0. The van der Waals surface area contributed by atoms with Crippen molar-refractivity contribution in [1.82, 2.24) is 15.6 Å². The normalized spacial score (nSPS) is 13.5. The zero-order valence-corrected chi connectivity index (χ0v) is 16.3. The highest BCUT2D eigenvalue weighted by atomic mass is 127. The van der Waals surface area contributed by atoms with Crippen LogP contribution in [0.25, 0.3) is 0 Å². The van der Waals surface area contributed by atoms with Crippen molar-refractivity contribution in [3.63, 3.8) is 0 Å². The van der Waals surface area contributed by atoms with Crippen molar-refractivity contribution in [3.05, 3.63) is 17.8 Å².